The number of pyridine rings is 1. The molecule has 148 valence electrons. The first-order valence-electron chi connectivity index (χ1n) is 9.98. The Balaban J connectivity index is 1.59. The number of carbonyl (C=O) groups excluding carboxylic acids is 1. The van der Waals surface area contributed by atoms with E-state index in [1.165, 1.54) is 0 Å². The predicted octanol–water partition coefficient (Wildman–Crippen LogP) is 3.88. The molecular formula is C24H25N3O2. The van der Waals surface area contributed by atoms with Crippen LogP contribution in [0.25, 0.3) is 0 Å². The number of nitrogens with one attached hydrogen (secondary N) is 1. The number of hydrogen-bond acceptors (Lipinski definition) is 4. The van der Waals surface area contributed by atoms with Gasteiger partial charge in [-0.1, -0.05) is 42.5 Å². The van der Waals surface area contributed by atoms with E-state index in [2.05, 4.69) is 21.3 Å². The Bertz CT molecular complexity index is 925. The zero-order valence-corrected chi connectivity index (χ0v) is 16.3. The van der Waals surface area contributed by atoms with Gasteiger partial charge in [0.2, 0.25) is 5.91 Å². The van der Waals surface area contributed by atoms with Crippen molar-refractivity contribution in [1.29, 1.82) is 0 Å². The second kappa shape index (κ2) is 9.34. The van der Waals surface area contributed by atoms with Crippen molar-refractivity contribution in [2.24, 2.45) is 0 Å². The summed E-state index contributed by atoms with van der Waals surface area (Å²) in [5.41, 5.74) is 3.98. The Hall–Kier alpha value is -3.18. The highest BCUT2D eigenvalue weighted by molar-refractivity contribution is 5.98. The van der Waals surface area contributed by atoms with Gasteiger partial charge in [0.1, 0.15) is 0 Å². The minimum absolute atomic E-state index is 0.00581. The zero-order chi connectivity index (χ0) is 19.9. The van der Waals surface area contributed by atoms with E-state index in [9.17, 15) is 4.79 Å². The smallest absolute Gasteiger partial charge is 0.232 e. The Morgan fingerprint density at radius 3 is 2.41 bits per heavy atom. The zero-order valence-electron chi connectivity index (χ0n) is 16.3. The second-order valence-electron chi connectivity index (χ2n) is 7.13. The number of carbonyl (C=O) groups is 1. The molecule has 1 fully saturated rings. The third-order valence-electron chi connectivity index (χ3n) is 5.22. The second-order valence-corrected chi connectivity index (χ2v) is 7.13. The van der Waals surface area contributed by atoms with Crippen molar-refractivity contribution in [3.05, 3.63) is 90.3 Å². The monoisotopic (exact) mass is 387 g/mol. The van der Waals surface area contributed by atoms with E-state index in [0.717, 1.165) is 35.6 Å². The van der Waals surface area contributed by atoms with Crippen LogP contribution in [0.5, 0.6) is 0 Å². The average molecular weight is 387 g/mol. The predicted molar refractivity (Wildman–Crippen MR) is 115 cm³/mol. The molecule has 2 aromatic carbocycles. The molecule has 1 aliphatic rings. The Morgan fingerprint density at radius 1 is 0.966 bits per heavy atom. The lowest BCUT2D eigenvalue weighted by Gasteiger charge is -2.31. The van der Waals surface area contributed by atoms with Crippen LogP contribution in [0.4, 0.5) is 11.4 Å². The molecule has 3 aromatic rings. The Morgan fingerprint density at radius 2 is 1.66 bits per heavy atom. The van der Waals surface area contributed by atoms with Crippen LogP contribution < -0.4 is 10.2 Å². The largest absolute Gasteiger partial charge is 0.378 e. The number of benzene rings is 2. The lowest BCUT2D eigenvalue weighted by Crippen LogP contribution is -2.37. The van der Waals surface area contributed by atoms with Gasteiger partial charge in [0.05, 0.1) is 30.5 Å². The summed E-state index contributed by atoms with van der Waals surface area (Å²) in [5, 5.41) is 3.19. The Labute approximate surface area is 171 Å². The molecule has 0 spiro atoms. The molecule has 1 atom stereocenters. The minimum atomic E-state index is -0.281. The standard InChI is InChI=1S/C24H25N3O2/c28-24(26-22-8-4-5-9-23(22)27-14-16-29-17-15-27)21(20-6-2-1-3-7-20)18-19-10-12-25-13-11-19/h1-13,21H,14-18H2,(H,26,28). The van der Waals surface area contributed by atoms with Crippen LogP contribution in [-0.4, -0.2) is 37.2 Å². The molecule has 1 saturated heterocycles. The molecule has 0 aliphatic carbocycles. The molecule has 5 heteroatoms. The molecule has 1 N–H and O–H groups in total. The number of amides is 1. The van der Waals surface area contributed by atoms with Crippen LogP contribution in [0.2, 0.25) is 0 Å². The normalized spacial score (nSPS) is 15.0. The summed E-state index contributed by atoms with van der Waals surface area (Å²) in [6.07, 6.45) is 4.16. The van der Waals surface area contributed by atoms with E-state index in [-0.39, 0.29) is 11.8 Å². The first kappa shape index (κ1) is 19.2. The average Bonchev–Trinajstić information content (AvgIpc) is 2.79. The van der Waals surface area contributed by atoms with Crippen LogP contribution in [-0.2, 0) is 16.0 Å². The molecule has 1 aromatic heterocycles. The van der Waals surface area contributed by atoms with Crippen molar-refractivity contribution in [2.45, 2.75) is 12.3 Å². The van der Waals surface area contributed by atoms with Crippen LogP contribution in [0.3, 0.4) is 0 Å². The summed E-state index contributed by atoms with van der Waals surface area (Å²) in [5.74, 6) is -0.287. The molecule has 29 heavy (non-hydrogen) atoms. The molecule has 1 amide bonds. The maximum atomic E-state index is 13.4. The van der Waals surface area contributed by atoms with Crippen molar-refractivity contribution in [1.82, 2.24) is 4.98 Å². The van der Waals surface area contributed by atoms with Gasteiger partial charge in [-0.05, 0) is 41.8 Å². The van der Waals surface area contributed by atoms with Gasteiger partial charge in [-0.3, -0.25) is 9.78 Å². The number of morpholine rings is 1. The molecule has 1 unspecified atom stereocenters. The van der Waals surface area contributed by atoms with E-state index in [4.69, 9.17) is 4.74 Å². The van der Waals surface area contributed by atoms with Crippen LogP contribution >= 0.6 is 0 Å². The number of anilines is 2. The maximum absolute atomic E-state index is 13.4. The van der Waals surface area contributed by atoms with Crippen molar-refractivity contribution >= 4 is 17.3 Å². The molecule has 0 bridgehead atoms. The first-order chi connectivity index (χ1) is 14.3. The highest BCUT2D eigenvalue weighted by Crippen LogP contribution is 2.29. The fourth-order valence-electron chi connectivity index (χ4n) is 3.68. The SMILES string of the molecule is O=C(Nc1ccccc1N1CCOCC1)C(Cc1ccncc1)c1ccccc1. The summed E-state index contributed by atoms with van der Waals surface area (Å²) < 4.78 is 5.47. The number of aromatic nitrogens is 1. The highest BCUT2D eigenvalue weighted by atomic mass is 16.5. The summed E-state index contributed by atoms with van der Waals surface area (Å²) >= 11 is 0. The van der Waals surface area contributed by atoms with E-state index < -0.39 is 0 Å². The van der Waals surface area contributed by atoms with E-state index in [0.29, 0.717) is 19.6 Å². The third-order valence-corrected chi connectivity index (χ3v) is 5.22. The molecule has 0 radical (unpaired) electrons. The number of ether oxygens (including phenoxy) is 1. The van der Waals surface area contributed by atoms with Gasteiger partial charge in [0, 0.05) is 25.5 Å². The number of nitrogens with zero attached hydrogens (tertiary/aromatic N) is 2. The van der Waals surface area contributed by atoms with E-state index >= 15 is 0 Å². The van der Waals surface area contributed by atoms with Gasteiger partial charge in [-0.2, -0.15) is 0 Å². The van der Waals surface area contributed by atoms with Crippen LogP contribution in [0.1, 0.15) is 17.0 Å². The summed E-state index contributed by atoms with van der Waals surface area (Å²) in [7, 11) is 0. The van der Waals surface area contributed by atoms with Gasteiger partial charge < -0.3 is 15.0 Å². The maximum Gasteiger partial charge on any atom is 0.232 e. The Kier molecular flexibility index (Phi) is 6.17. The molecular weight excluding hydrogens is 362 g/mol. The van der Waals surface area contributed by atoms with Gasteiger partial charge in [0.25, 0.3) is 0 Å². The third kappa shape index (κ3) is 4.81. The van der Waals surface area contributed by atoms with Crippen LogP contribution in [0.15, 0.2) is 79.1 Å². The van der Waals surface area contributed by atoms with Crippen molar-refractivity contribution in [3.63, 3.8) is 0 Å². The first-order valence-corrected chi connectivity index (χ1v) is 9.98. The molecule has 2 heterocycles. The number of hydrogen-bond donors (Lipinski definition) is 1. The van der Waals surface area contributed by atoms with E-state index in [1.54, 1.807) is 12.4 Å². The highest BCUT2D eigenvalue weighted by Gasteiger charge is 2.23. The van der Waals surface area contributed by atoms with Crippen molar-refractivity contribution in [2.75, 3.05) is 36.5 Å². The topological polar surface area (TPSA) is 54.5 Å². The summed E-state index contributed by atoms with van der Waals surface area (Å²) in [6, 6.07) is 21.9. The quantitative estimate of drug-likeness (QED) is 0.697. The molecule has 4 rings (SSSR count). The number of para-hydroxylation sites is 2. The van der Waals surface area contributed by atoms with Crippen LogP contribution in [0, 0.1) is 0 Å². The summed E-state index contributed by atoms with van der Waals surface area (Å²) in [4.78, 5) is 19.7. The minimum Gasteiger partial charge on any atom is -0.378 e. The summed E-state index contributed by atoms with van der Waals surface area (Å²) in [6.45, 7) is 3.06. The van der Waals surface area contributed by atoms with Gasteiger partial charge >= 0.3 is 0 Å². The fraction of sp³-hybridized carbons (Fsp3) is 0.250. The molecule has 5 nitrogen and oxygen atoms in total. The van der Waals surface area contributed by atoms with Crippen molar-refractivity contribution < 1.29 is 9.53 Å². The van der Waals surface area contributed by atoms with Crippen molar-refractivity contribution in [3.8, 4) is 0 Å². The van der Waals surface area contributed by atoms with E-state index in [1.807, 2.05) is 60.7 Å². The molecule has 0 saturated carbocycles. The lowest BCUT2D eigenvalue weighted by molar-refractivity contribution is -0.117. The van der Waals surface area contributed by atoms with Gasteiger partial charge in [-0.15, -0.1) is 0 Å². The lowest BCUT2D eigenvalue weighted by atomic mass is 9.91. The van der Waals surface area contributed by atoms with Gasteiger partial charge in [-0.25, -0.2) is 0 Å². The van der Waals surface area contributed by atoms with Gasteiger partial charge in [0.15, 0.2) is 0 Å². The number of rotatable bonds is 6. The molecule has 1 aliphatic heterocycles. The fourth-order valence-corrected chi connectivity index (χ4v) is 3.68.